The monoisotopic (exact) mass is 396 g/mol. The second-order valence-electron chi connectivity index (χ2n) is 6.87. The van der Waals surface area contributed by atoms with Gasteiger partial charge in [-0.25, -0.2) is 0 Å². The summed E-state index contributed by atoms with van der Waals surface area (Å²) in [5, 5.41) is 9.63. The summed E-state index contributed by atoms with van der Waals surface area (Å²) >= 11 is 1.57. The lowest BCUT2D eigenvalue weighted by Gasteiger charge is -2.18. The number of aryl methyl sites for hydroxylation is 1. The predicted molar refractivity (Wildman–Crippen MR) is 117 cm³/mol. The molecule has 1 unspecified atom stereocenters. The van der Waals surface area contributed by atoms with Crippen molar-refractivity contribution in [2.45, 2.75) is 19.6 Å². The molecule has 3 aromatic carbocycles. The van der Waals surface area contributed by atoms with Crippen molar-refractivity contribution in [1.82, 2.24) is 4.98 Å². The number of nitrogens with zero attached hydrogens (tertiary/aromatic N) is 2. The lowest BCUT2D eigenvalue weighted by atomic mass is 9.95. The number of rotatable bonds is 6. The van der Waals surface area contributed by atoms with Crippen LogP contribution < -0.4 is 0 Å². The van der Waals surface area contributed by atoms with E-state index in [0.29, 0.717) is 12.2 Å². The van der Waals surface area contributed by atoms with Gasteiger partial charge in [-0.3, -0.25) is 4.98 Å². The van der Waals surface area contributed by atoms with Gasteiger partial charge < -0.3 is 4.74 Å². The van der Waals surface area contributed by atoms with E-state index in [9.17, 15) is 5.26 Å². The van der Waals surface area contributed by atoms with Gasteiger partial charge in [0.25, 0.3) is 0 Å². The van der Waals surface area contributed by atoms with Gasteiger partial charge in [0.2, 0.25) is 0 Å². The van der Waals surface area contributed by atoms with E-state index < -0.39 is 0 Å². The van der Waals surface area contributed by atoms with Gasteiger partial charge in [0.1, 0.15) is 6.10 Å². The van der Waals surface area contributed by atoms with Crippen molar-refractivity contribution in [2.24, 2.45) is 0 Å². The molecule has 142 valence electrons. The number of nitriles is 1. The van der Waals surface area contributed by atoms with Gasteiger partial charge in [0.15, 0.2) is 0 Å². The van der Waals surface area contributed by atoms with Crippen molar-refractivity contribution >= 4 is 11.3 Å². The molecule has 0 saturated carbocycles. The predicted octanol–water partition coefficient (Wildman–Crippen LogP) is 6.30. The molecule has 4 rings (SSSR count). The van der Waals surface area contributed by atoms with Crippen LogP contribution in [-0.2, 0) is 11.3 Å². The summed E-state index contributed by atoms with van der Waals surface area (Å²) in [6, 6.07) is 26.6. The maximum atomic E-state index is 9.63. The first-order chi connectivity index (χ1) is 14.2. The first-order valence-electron chi connectivity index (χ1n) is 9.39. The van der Waals surface area contributed by atoms with Crippen LogP contribution in [0.25, 0.3) is 11.1 Å². The molecule has 0 amide bonds. The summed E-state index contributed by atoms with van der Waals surface area (Å²) in [6.45, 7) is 2.56. The maximum Gasteiger partial charge on any atom is 0.119 e. The van der Waals surface area contributed by atoms with E-state index in [-0.39, 0.29) is 6.10 Å². The largest absolute Gasteiger partial charge is 0.363 e. The van der Waals surface area contributed by atoms with E-state index >= 15 is 0 Å². The van der Waals surface area contributed by atoms with Gasteiger partial charge in [-0.15, -0.1) is 11.3 Å². The molecule has 0 bridgehead atoms. The van der Waals surface area contributed by atoms with Gasteiger partial charge in [-0.2, -0.15) is 5.26 Å². The van der Waals surface area contributed by atoms with Crippen LogP contribution in [0.4, 0.5) is 0 Å². The van der Waals surface area contributed by atoms with E-state index in [2.05, 4.69) is 48.3 Å². The highest BCUT2D eigenvalue weighted by Gasteiger charge is 2.19. The minimum absolute atomic E-state index is 0.237. The van der Waals surface area contributed by atoms with Gasteiger partial charge >= 0.3 is 0 Å². The van der Waals surface area contributed by atoms with E-state index in [0.717, 1.165) is 32.7 Å². The van der Waals surface area contributed by atoms with Crippen LogP contribution in [0.3, 0.4) is 0 Å². The smallest absolute Gasteiger partial charge is 0.119 e. The Morgan fingerprint density at radius 3 is 2.62 bits per heavy atom. The van der Waals surface area contributed by atoms with Crippen molar-refractivity contribution in [3.05, 3.63) is 112 Å². The number of benzene rings is 3. The van der Waals surface area contributed by atoms with E-state index in [1.165, 1.54) is 0 Å². The fraction of sp³-hybridized carbons (Fsp3) is 0.120. The molecule has 0 aliphatic heterocycles. The third kappa shape index (κ3) is 4.43. The standard InChI is InChI=1S/C25H20N2OS/c1-18-6-5-9-20(12-18)23-13-21(10-11-22(23)14-26)25(24-15-27-17-29-24)28-16-19-7-3-2-4-8-19/h2-13,15,17,25H,16H2,1H3. The third-order valence-electron chi connectivity index (χ3n) is 4.77. The lowest BCUT2D eigenvalue weighted by molar-refractivity contribution is 0.0689. The van der Waals surface area contributed by atoms with Crippen molar-refractivity contribution in [2.75, 3.05) is 0 Å². The quantitative estimate of drug-likeness (QED) is 0.384. The number of hydrogen-bond acceptors (Lipinski definition) is 4. The molecule has 3 nitrogen and oxygen atoms in total. The summed E-state index contributed by atoms with van der Waals surface area (Å²) in [6.07, 6.45) is 1.62. The van der Waals surface area contributed by atoms with Gasteiger partial charge in [-0.05, 0) is 41.3 Å². The van der Waals surface area contributed by atoms with Gasteiger partial charge in [0.05, 0.1) is 28.6 Å². The van der Waals surface area contributed by atoms with Crippen LogP contribution in [0, 0.1) is 18.3 Å². The summed E-state index contributed by atoms with van der Waals surface area (Å²) in [5.74, 6) is 0. The Bertz CT molecular complexity index is 1130. The third-order valence-corrected chi connectivity index (χ3v) is 5.58. The minimum Gasteiger partial charge on any atom is -0.363 e. The topological polar surface area (TPSA) is 45.9 Å². The molecule has 0 spiro atoms. The van der Waals surface area contributed by atoms with Crippen LogP contribution >= 0.6 is 11.3 Å². The Labute approximate surface area is 174 Å². The molecule has 0 aliphatic rings. The number of hydrogen-bond donors (Lipinski definition) is 0. The fourth-order valence-corrected chi connectivity index (χ4v) is 4.02. The van der Waals surface area contributed by atoms with Crippen molar-refractivity contribution in [3.8, 4) is 17.2 Å². The van der Waals surface area contributed by atoms with Crippen LogP contribution in [0.15, 0.2) is 84.5 Å². The zero-order valence-electron chi connectivity index (χ0n) is 16.1. The minimum atomic E-state index is -0.237. The summed E-state index contributed by atoms with van der Waals surface area (Å²) in [7, 11) is 0. The molecule has 4 heteroatoms. The molecular weight excluding hydrogens is 376 g/mol. The molecule has 0 saturated heterocycles. The first-order valence-corrected chi connectivity index (χ1v) is 10.3. The maximum absolute atomic E-state index is 9.63. The highest BCUT2D eigenvalue weighted by atomic mass is 32.1. The SMILES string of the molecule is Cc1cccc(-c2cc(C(OCc3ccccc3)c3cncs3)ccc2C#N)c1. The first kappa shape index (κ1) is 19.1. The molecule has 0 aliphatic carbocycles. The molecule has 1 aromatic heterocycles. The zero-order chi connectivity index (χ0) is 20.1. The van der Waals surface area contributed by atoms with Gasteiger partial charge in [-0.1, -0.05) is 66.2 Å². The Morgan fingerprint density at radius 2 is 1.90 bits per heavy atom. The van der Waals surface area contributed by atoms with Crippen molar-refractivity contribution in [3.63, 3.8) is 0 Å². The summed E-state index contributed by atoms with van der Waals surface area (Å²) < 4.78 is 6.33. The highest BCUT2D eigenvalue weighted by molar-refractivity contribution is 7.09. The molecule has 0 fully saturated rings. The Kier molecular flexibility index (Phi) is 5.81. The molecule has 1 atom stereocenters. The fourth-order valence-electron chi connectivity index (χ4n) is 3.33. The summed E-state index contributed by atoms with van der Waals surface area (Å²) in [5.41, 5.74) is 7.73. The molecule has 4 aromatic rings. The van der Waals surface area contributed by atoms with E-state index in [1.807, 2.05) is 54.2 Å². The van der Waals surface area contributed by atoms with Crippen molar-refractivity contribution in [1.29, 1.82) is 5.26 Å². The molecule has 1 heterocycles. The lowest BCUT2D eigenvalue weighted by Crippen LogP contribution is -2.06. The van der Waals surface area contributed by atoms with Crippen LogP contribution in [0.2, 0.25) is 0 Å². The summed E-state index contributed by atoms with van der Waals surface area (Å²) in [4.78, 5) is 5.28. The molecule has 29 heavy (non-hydrogen) atoms. The zero-order valence-corrected chi connectivity index (χ0v) is 16.9. The van der Waals surface area contributed by atoms with E-state index in [1.54, 1.807) is 11.3 Å². The molecule has 0 N–H and O–H groups in total. The Hall–Kier alpha value is -3.26. The van der Waals surface area contributed by atoms with Crippen LogP contribution in [0.5, 0.6) is 0 Å². The second kappa shape index (κ2) is 8.83. The highest BCUT2D eigenvalue weighted by Crippen LogP contribution is 2.34. The van der Waals surface area contributed by atoms with Crippen molar-refractivity contribution < 1.29 is 4.74 Å². The number of ether oxygens (including phenoxy) is 1. The average Bonchev–Trinajstić information content (AvgIpc) is 3.29. The van der Waals surface area contributed by atoms with E-state index in [4.69, 9.17) is 4.74 Å². The normalized spacial score (nSPS) is 11.7. The number of thiazole rings is 1. The van der Waals surface area contributed by atoms with Crippen LogP contribution in [-0.4, -0.2) is 4.98 Å². The second-order valence-corrected chi connectivity index (χ2v) is 7.78. The average molecular weight is 397 g/mol. The van der Waals surface area contributed by atoms with Crippen LogP contribution in [0.1, 0.15) is 33.2 Å². The molecular formula is C25H20N2OS. The van der Waals surface area contributed by atoms with Gasteiger partial charge in [0, 0.05) is 6.20 Å². The Balaban J connectivity index is 1.73. The number of aromatic nitrogens is 1. The Morgan fingerprint density at radius 1 is 1.03 bits per heavy atom. The molecule has 0 radical (unpaired) electrons.